The summed E-state index contributed by atoms with van der Waals surface area (Å²) in [4.78, 5) is 14.2. The number of aromatic nitrogens is 2. The second-order valence-electron chi connectivity index (χ2n) is 4.43. The van der Waals surface area contributed by atoms with Crippen LogP contribution in [0.3, 0.4) is 0 Å². The third-order valence-electron chi connectivity index (χ3n) is 2.83. The molecule has 22 heavy (non-hydrogen) atoms. The number of aliphatic imine (C=N–C) groups is 1. The van der Waals surface area contributed by atoms with E-state index in [1.807, 2.05) is 17.8 Å². The highest BCUT2D eigenvalue weighted by Crippen LogP contribution is 2.20. The molecule has 0 amide bonds. The van der Waals surface area contributed by atoms with E-state index < -0.39 is 0 Å². The lowest BCUT2D eigenvalue weighted by atomic mass is 10.4. The highest BCUT2D eigenvalue weighted by Gasteiger charge is 2.02. The zero-order valence-corrected chi connectivity index (χ0v) is 15.3. The van der Waals surface area contributed by atoms with Gasteiger partial charge in [-0.3, -0.25) is 4.99 Å². The van der Waals surface area contributed by atoms with Gasteiger partial charge in [0.15, 0.2) is 5.96 Å². The van der Waals surface area contributed by atoms with Crippen molar-refractivity contribution in [3.8, 4) is 0 Å². The molecule has 0 saturated heterocycles. The largest absolute Gasteiger partial charge is 0.356 e. The van der Waals surface area contributed by atoms with Gasteiger partial charge in [0, 0.05) is 42.0 Å². The molecule has 2 aromatic heterocycles. The highest BCUT2D eigenvalue weighted by atomic mass is 32.2. The van der Waals surface area contributed by atoms with Crippen LogP contribution in [0.4, 0.5) is 0 Å². The fraction of sp³-hybridized carbons (Fsp3) is 0.500. The van der Waals surface area contributed by atoms with Crippen LogP contribution in [-0.4, -0.2) is 35.3 Å². The first kappa shape index (κ1) is 17.2. The van der Waals surface area contributed by atoms with E-state index in [9.17, 15) is 0 Å². The Morgan fingerprint density at radius 3 is 2.95 bits per heavy atom. The van der Waals surface area contributed by atoms with E-state index in [0.29, 0.717) is 0 Å². The first-order chi connectivity index (χ1) is 10.8. The molecular weight excluding hydrogens is 334 g/mol. The van der Waals surface area contributed by atoms with Gasteiger partial charge < -0.3 is 10.6 Å². The molecular formula is C14H21N5S3. The summed E-state index contributed by atoms with van der Waals surface area (Å²) in [6.07, 6.45) is 5.91. The van der Waals surface area contributed by atoms with Gasteiger partial charge in [0.25, 0.3) is 0 Å². The lowest BCUT2D eigenvalue weighted by molar-refractivity contribution is 0.783. The summed E-state index contributed by atoms with van der Waals surface area (Å²) < 4.78 is 1.14. The minimum atomic E-state index is 0.720. The van der Waals surface area contributed by atoms with Crippen molar-refractivity contribution in [1.82, 2.24) is 20.6 Å². The Morgan fingerprint density at radius 2 is 2.27 bits per heavy atom. The second kappa shape index (κ2) is 9.81. The molecule has 5 nitrogen and oxygen atoms in total. The fourth-order valence-electron chi connectivity index (χ4n) is 1.69. The molecule has 2 heterocycles. The molecule has 0 aliphatic heterocycles. The number of aryl methyl sites for hydroxylation is 1. The average Bonchev–Trinajstić information content (AvgIpc) is 3.21. The van der Waals surface area contributed by atoms with Gasteiger partial charge in [0.2, 0.25) is 0 Å². The van der Waals surface area contributed by atoms with Gasteiger partial charge in [0.05, 0.1) is 6.54 Å². The van der Waals surface area contributed by atoms with Gasteiger partial charge >= 0.3 is 0 Å². The number of nitrogens with zero attached hydrogens (tertiary/aromatic N) is 3. The lowest BCUT2D eigenvalue weighted by Gasteiger charge is -2.10. The molecule has 0 atom stereocenters. The van der Waals surface area contributed by atoms with Crippen LogP contribution in [-0.2, 0) is 13.0 Å². The molecule has 2 N–H and O–H groups in total. The first-order valence-electron chi connectivity index (χ1n) is 7.22. The standard InChI is InChI=1S/C14H21N5S3/c1-3-11-9-18-12(22-11)10-19-13(15-2)16-5-4-7-20-14-17-6-8-21-14/h6,8-9H,3-5,7,10H2,1-2H3,(H2,15,16,19). The molecule has 0 aliphatic carbocycles. The topological polar surface area (TPSA) is 62.2 Å². The van der Waals surface area contributed by atoms with Crippen molar-refractivity contribution >= 4 is 40.4 Å². The molecule has 0 unspecified atom stereocenters. The number of rotatable bonds is 8. The summed E-state index contributed by atoms with van der Waals surface area (Å²) in [6.45, 7) is 3.77. The van der Waals surface area contributed by atoms with E-state index in [2.05, 4.69) is 32.5 Å². The summed E-state index contributed by atoms with van der Waals surface area (Å²) in [5, 5.41) is 9.73. The maximum absolute atomic E-state index is 4.40. The van der Waals surface area contributed by atoms with Crippen LogP contribution in [0.2, 0.25) is 0 Å². The third kappa shape index (κ3) is 5.94. The molecule has 0 saturated carbocycles. The van der Waals surface area contributed by atoms with Gasteiger partial charge in [-0.15, -0.1) is 22.7 Å². The maximum Gasteiger partial charge on any atom is 0.191 e. The zero-order valence-electron chi connectivity index (χ0n) is 12.8. The predicted octanol–water partition coefficient (Wildman–Crippen LogP) is 3.01. The summed E-state index contributed by atoms with van der Waals surface area (Å²) in [5.41, 5.74) is 0. The van der Waals surface area contributed by atoms with Crippen molar-refractivity contribution < 1.29 is 0 Å². The summed E-state index contributed by atoms with van der Waals surface area (Å²) >= 11 is 5.24. The Morgan fingerprint density at radius 1 is 1.36 bits per heavy atom. The van der Waals surface area contributed by atoms with E-state index in [1.54, 1.807) is 41.5 Å². The molecule has 0 radical (unpaired) electrons. The number of guanidine groups is 1. The van der Waals surface area contributed by atoms with Crippen molar-refractivity contribution in [3.05, 3.63) is 27.7 Å². The summed E-state index contributed by atoms with van der Waals surface area (Å²) in [7, 11) is 1.79. The SMILES string of the molecule is CCc1cnc(CNC(=NC)NCCCSc2nccs2)s1. The summed E-state index contributed by atoms with van der Waals surface area (Å²) in [5.74, 6) is 1.89. The zero-order chi connectivity index (χ0) is 15.6. The Balaban J connectivity index is 1.60. The molecule has 8 heteroatoms. The smallest absolute Gasteiger partial charge is 0.191 e. The Bertz CT molecular complexity index is 565. The monoisotopic (exact) mass is 355 g/mol. The van der Waals surface area contributed by atoms with Gasteiger partial charge in [-0.1, -0.05) is 18.7 Å². The van der Waals surface area contributed by atoms with E-state index in [-0.39, 0.29) is 0 Å². The van der Waals surface area contributed by atoms with Crippen molar-refractivity contribution in [3.63, 3.8) is 0 Å². The fourth-order valence-corrected chi connectivity index (χ4v) is 4.14. The van der Waals surface area contributed by atoms with Crippen LogP contribution in [0, 0.1) is 0 Å². The second-order valence-corrected chi connectivity index (χ2v) is 7.86. The number of nitrogens with one attached hydrogen (secondary N) is 2. The minimum absolute atomic E-state index is 0.720. The van der Waals surface area contributed by atoms with Crippen LogP contribution in [0.15, 0.2) is 27.1 Å². The van der Waals surface area contributed by atoms with Gasteiger partial charge in [-0.25, -0.2) is 9.97 Å². The normalized spacial score (nSPS) is 11.6. The Kier molecular flexibility index (Phi) is 7.68. The van der Waals surface area contributed by atoms with Gasteiger partial charge in [-0.05, 0) is 12.8 Å². The number of thiazole rings is 2. The summed E-state index contributed by atoms with van der Waals surface area (Å²) in [6, 6.07) is 0. The number of thioether (sulfide) groups is 1. The van der Waals surface area contributed by atoms with Crippen LogP contribution < -0.4 is 10.6 Å². The van der Waals surface area contributed by atoms with Gasteiger partial charge in [0.1, 0.15) is 9.35 Å². The van der Waals surface area contributed by atoms with E-state index in [1.165, 1.54) is 4.88 Å². The Hall–Kier alpha value is -1.12. The molecule has 2 rings (SSSR count). The van der Waals surface area contributed by atoms with E-state index in [4.69, 9.17) is 0 Å². The molecule has 0 spiro atoms. The predicted molar refractivity (Wildman–Crippen MR) is 97.1 cm³/mol. The molecule has 2 aromatic rings. The van der Waals surface area contributed by atoms with Crippen molar-refractivity contribution in [1.29, 1.82) is 0 Å². The Labute approximate surface area is 143 Å². The minimum Gasteiger partial charge on any atom is -0.356 e. The van der Waals surface area contributed by atoms with Crippen molar-refractivity contribution in [2.75, 3.05) is 19.3 Å². The van der Waals surface area contributed by atoms with Crippen LogP contribution >= 0.6 is 34.4 Å². The third-order valence-corrected chi connectivity index (χ3v) is 6.02. The van der Waals surface area contributed by atoms with Crippen LogP contribution in [0.25, 0.3) is 0 Å². The average molecular weight is 356 g/mol. The number of hydrogen-bond donors (Lipinski definition) is 2. The highest BCUT2D eigenvalue weighted by molar-refractivity contribution is 8.00. The molecule has 0 bridgehead atoms. The van der Waals surface area contributed by atoms with Crippen LogP contribution in [0.5, 0.6) is 0 Å². The van der Waals surface area contributed by atoms with E-state index >= 15 is 0 Å². The lowest BCUT2D eigenvalue weighted by Crippen LogP contribution is -2.37. The van der Waals surface area contributed by atoms with E-state index in [0.717, 1.165) is 47.0 Å². The number of hydrogen-bond acceptors (Lipinski definition) is 6. The molecule has 120 valence electrons. The van der Waals surface area contributed by atoms with Crippen molar-refractivity contribution in [2.45, 2.75) is 30.6 Å². The molecule has 0 fully saturated rings. The molecule has 0 aromatic carbocycles. The molecule has 0 aliphatic rings. The van der Waals surface area contributed by atoms with Crippen molar-refractivity contribution in [2.24, 2.45) is 4.99 Å². The van der Waals surface area contributed by atoms with Crippen LogP contribution in [0.1, 0.15) is 23.2 Å². The van der Waals surface area contributed by atoms with Gasteiger partial charge in [-0.2, -0.15) is 0 Å². The first-order valence-corrected chi connectivity index (χ1v) is 9.90. The quantitative estimate of drug-likeness (QED) is 0.330. The maximum atomic E-state index is 4.40.